The number of hydrogen-bond acceptors (Lipinski definition) is 2. The van der Waals surface area contributed by atoms with Crippen LogP contribution in [0.5, 0.6) is 5.75 Å². The van der Waals surface area contributed by atoms with Gasteiger partial charge in [-0.15, -0.1) is 0 Å². The lowest BCUT2D eigenvalue weighted by Gasteiger charge is -2.09. The summed E-state index contributed by atoms with van der Waals surface area (Å²) in [4.78, 5) is 0. The van der Waals surface area contributed by atoms with Gasteiger partial charge in [0, 0.05) is 0 Å². The lowest BCUT2D eigenvalue weighted by Crippen LogP contribution is -2.15. The molecule has 0 aliphatic carbocycles. The molecule has 4 heteroatoms. The first kappa shape index (κ1) is 10.5. The van der Waals surface area contributed by atoms with Crippen molar-refractivity contribution < 1.29 is 9.13 Å². The van der Waals surface area contributed by atoms with Gasteiger partial charge in [-0.2, -0.15) is 0 Å². The van der Waals surface area contributed by atoms with Crippen LogP contribution >= 0.6 is 0 Å². The monoisotopic (exact) mass is 196 g/mol. The van der Waals surface area contributed by atoms with Gasteiger partial charge in [-0.3, -0.25) is 5.41 Å². The smallest absolute Gasteiger partial charge is 0.137 e. The summed E-state index contributed by atoms with van der Waals surface area (Å²) in [7, 11) is 0. The SMILES string of the molecule is CCCOc1cccc(F)c1C(=N)N. The van der Waals surface area contributed by atoms with Crippen molar-refractivity contribution in [2.24, 2.45) is 5.73 Å². The molecular formula is C10H13FN2O. The van der Waals surface area contributed by atoms with Crippen molar-refractivity contribution in [2.75, 3.05) is 6.61 Å². The maximum Gasteiger partial charge on any atom is 0.137 e. The Balaban J connectivity index is 3.02. The molecule has 0 fully saturated rings. The molecule has 14 heavy (non-hydrogen) atoms. The molecular weight excluding hydrogens is 183 g/mol. The van der Waals surface area contributed by atoms with Crippen LogP contribution in [0.1, 0.15) is 18.9 Å². The minimum atomic E-state index is -0.522. The third-order valence-corrected chi connectivity index (χ3v) is 1.71. The van der Waals surface area contributed by atoms with E-state index in [2.05, 4.69) is 0 Å². The van der Waals surface area contributed by atoms with E-state index in [-0.39, 0.29) is 11.4 Å². The Labute approximate surface area is 82.2 Å². The molecule has 0 saturated carbocycles. The van der Waals surface area contributed by atoms with Crippen LogP contribution in [0.25, 0.3) is 0 Å². The maximum atomic E-state index is 13.2. The maximum absolute atomic E-state index is 13.2. The van der Waals surface area contributed by atoms with Gasteiger partial charge in [0.25, 0.3) is 0 Å². The average molecular weight is 196 g/mol. The molecule has 0 spiro atoms. The van der Waals surface area contributed by atoms with Crippen molar-refractivity contribution in [1.29, 1.82) is 5.41 Å². The van der Waals surface area contributed by atoms with Crippen LogP contribution in [0.3, 0.4) is 0 Å². The zero-order valence-corrected chi connectivity index (χ0v) is 8.01. The van der Waals surface area contributed by atoms with Gasteiger partial charge in [-0.1, -0.05) is 13.0 Å². The molecule has 0 radical (unpaired) electrons. The highest BCUT2D eigenvalue weighted by atomic mass is 19.1. The van der Waals surface area contributed by atoms with Gasteiger partial charge in [-0.05, 0) is 18.6 Å². The first-order chi connectivity index (χ1) is 6.66. The number of hydrogen-bond donors (Lipinski definition) is 2. The second-order valence-electron chi connectivity index (χ2n) is 2.88. The molecule has 0 aliphatic heterocycles. The number of benzene rings is 1. The van der Waals surface area contributed by atoms with E-state index in [0.717, 1.165) is 6.42 Å². The molecule has 0 heterocycles. The summed E-state index contributed by atoms with van der Waals surface area (Å²) >= 11 is 0. The average Bonchev–Trinajstić information content (AvgIpc) is 2.14. The Bertz CT molecular complexity index is 339. The molecule has 1 aromatic rings. The fraction of sp³-hybridized carbons (Fsp3) is 0.300. The van der Waals surface area contributed by atoms with Crippen molar-refractivity contribution in [3.63, 3.8) is 0 Å². The van der Waals surface area contributed by atoms with Gasteiger partial charge in [0.1, 0.15) is 17.4 Å². The molecule has 0 atom stereocenters. The lowest BCUT2D eigenvalue weighted by molar-refractivity contribution is 0.315. The molecule has 0 aromatic heterocycles. The third-order valence-electron chi connectivity index (χ3n) is 1.71. The summed E-state index contributed by atoms with van der Waals surface area (Å²) in [6.45, 7) is 2.44. The van der Waals surface area contributed by atoms with Gasteiger partial charge >= 0.3 is 0 Å². The molecule has 3 nitrogen and oxygen atoms in total. The Morgan fingerprint density at radius 1 is 1.57 bits per heavy atom. The number of nitrogen functional groups attached to an aromatic ring is 1. The standard InChI is InChI=1S/C10H13FN2O/c1-2-6-14-8-5-3-4-7(11)9(8)10(12)13/h3-5H,2,6H2,1H3,(H3,12,13). The van der Waals surface area contributed by atoms with Crippen LogP contribution in [0.2, 0.25) is 0 Å². The molecule has 3 N–H and O–H groups in total. The van der Waals surface area contributed by atoms with E-state index in [9.17, 15) is 4.39 Å². The quantitative estimate of drug-likeness (QED) is 0.570. The van der Waals surface area contributed by atoms with Crippen LogP contribution in [0, 0.1) is 11.2 Å². The number of amidine groups is 1. The highest BCUT2D eigenvalue weighted by molar-refractivity contribution is 5.97. The van der Waals surface area contributed by atoms with Crippen LogP contribution in [0.15, 0.2) is 18.2 Å². The molecule has 0 unspecified atom stereocenters. The summed E-state index contributed by atoms with van der Waals surface area (Å²) in [5.74, 6) is -0.500. The highest BCUT2D eigenvalue weighted by Crippen LogP contribution is 2.20. The Morgan fingerprint density at radius 3 is 2.86 bits per heavy atom. The zero-order valence-electron chi connectivity index (χ0n) is 8.01. The number of rotatable bonds is 4. The molecule has 1 rings (SSSR count). The highest BCUT2D eigenvalue weighted by Gasteiger charge is 2.11. The summed E-state index contributed by atoms with van der Waals surface area (Å²) < 4.78 is 18.5. The van der Waals surface area contributed by atoms with Crippen LogP contribution in [-0.2, 0) is 0 Å². The predicted molar refractivity (Wildman–Crippen MR) is 53.2 cm³/mol. The van der Waals surface area contributed by atoms with Crippen LogP contribution < -0.4 is 10.5 Å². The van der Waals surface area contributed by atoms with E-state index in [4.69, 9.17) is 15.9 Å². The van der Waals surface area contributed by atoms with E-state index >= 15 is 0 Å². The van der Waals surface area contributed by atoms with Crippen molar-refractivity contribution in [2.45, 2.75) is 13.3 Å². The molecule has 0 aliphatic rings. The van der Waals surface area contributed by atoms with E-state index in [0.29, 0.717) is 12.4 Å². The molecule has 0 bridgehead atoms. The Hall–Kier alpha value is -1.58. The second-order valence-corrected chi connectivity index (χ2v) is 2.88. The zero-order chi connectivity index (χ0) is 10.6. The molecule has 0 amide bonds. The summed E-state index contributed by atoms with van der Waals surface area (Å²) in [5.41, 5.74) is 5.29. The summed E-state index contributed by atoms with van der Waals surface area (Å²) in [6.07, 6.45) is 0.827. The fourth-order valence-corrected chi connectivity index (χ4v) is 1.10. The normalized spacial score (nSPS) is 9.86. The van der Waals surface area contributed by atoms with E-state index in [1.165, 1.54) is 12.1 Å². The van der Waals surface area contributed by atoms with E-state index < -0.39 is 5.82 Å². The van der Waals surface area contributed by atoms with Crippen molar-refractivity contribution >= 4 is 5.84 Å². The number of nitrogens with one attached hydrogen (secondary N) is 1. The number of ether oxygens (including phenoxy) is 1. The van der Waals surface area contributed by atoms with Crippen molar-refractivity contribution in [3.8, 4) is 5.75 Å². The minimum absolute atomic E-state index is 0.0425. The largest absolute Gasteiger partial charge is 0.493 e. The van der Waals surface area contributed by atoms with Crippen LogP contribution in [-0.4, -0.2) is 12.4 Å². The van der Waals surface area contributed by atoms with Gasteiger partial charge in [0.05, 0.1) is 12.2 Å². The van der Waals surface area contributed by atoms with Gasteiger partial charge in [-0.25, -0.2) is 4.39 Å². The minimum Gasteiger partial charge on any atom is -0.493 e. The third kappa shape index (κ3) is 2.22. The molecule has 1 aromatic carbocycles. The van der Waals surface area contributed by atoms with Crippen molar-refractivity contribution in [1.82, 2.24) is 0 Å². The fourth-order valence-electron chi connectivity index (χ4n) is 1.10. The van der Waals surface area contributed by atoms with Gasteiger partial charge in [0.15, 0.2) is 0 Å². The summed E-state index contributed by atoms with van der Waals surface area (Å²) in [6, 6.07) is 4.40. The number of halogens is 1. The Kier molecular flexibility index (Phi) is 3.45. The summed E-state index contributed by atoms with van der Waals surface area (Å²) in [5, 5.41) is 7.21. The van der Waals surface area contributed by atoms with Gasteiger partial charge in [0.2, 0.25) is 0 Å². The topological polar surface area (TPSA) is 59.1 Å². The van der Waals surface area contributed by atoms with Crippen molar-refractivity contribution in [3.05, 3.63) is 29.6 Å². The number of nitrogens with two attached hydrogens (primary N) is 1. The lowest BCUT2D eigenvalue weighted by atomic mass is 10.1. The first-order valence-electron chi connectivity index (χ1n) is 4.42. The van der Waals surface area contributed by atoms with Crippen LogP contribution in [0.4, 0.5) is 4.39 Å². The predicted octanol–water partition coefficient (Wildman–Crippen LogP) is 1.90. The first-order valence-corrected chi connectivity index (χ1v) is 4.42. The van der Waals surface area contributed by atoms with E-state index in [1.54, 1.807) is 6.07 Å². The molecule has 76 valence electrons. The Morgan fingerprint density at radius 2 is 2.29 bits per heavy atom. The molecule has 0 saturated heterocycles. The van der Waals surface area contributed by atoms with E-state index in [1.807, 2.05) is 6.92 Å². The second kappa shape index (κ2) is 4.60. The van der Waals surface area contributed by atoms with Gasteiger partial charge < -0.3 is 10.5 Å².